The largest absolute Gasteiger partial charge is 0.594 e. The van der Waals surface area contributed by atoms with Crippen molar-refractivity contribution in [1.29, 1.82) is 0 Å². The average molecular weight is 286 g/mol. The summed E-state index contributed by atoms with van der Waals surface area (Å²) in [7, 11) is -0.175. The van der Waals surface area contributed by atoms with Gasteiger partial charge in [0, 0.05) is 17.5 Å². The lowest BCUT2D eigenvalue weighted by molar-refractivity contribution is 0.362. The highest BCUT2D eigenvalue weighted by Gasteiger charge is 2.28. The predicted octanol–water partition coefficient (Wildman–Crippen LogP) is 5.72. The number of benzene rings is 1. The van der Waals surface area contributed by atoms with Gasteiger partial charge in [-0.25, -0.2) is 0 Å². The highest BCUT2D eigenvalue weighted by molar-refractivity contribution is 6.46. The van der Waals surface area contributed by atoms with Crippen molar-refractivity contribution in [1.82, 2.24) is 0 Å². The van der Waals surface area contributed by atoms with Crippen molar-refractivity contribution in [3.63, 3.8) is 0 Å². The van der Waals surface area contributed by atoms with E-state index in [4.69, 9.17) is 9.31 Å². The zero-order chi connectivity index (χ0) is 15.7. The first kappa shape index (κ1) is 17.4. The molecule has 3 rings (SSSR count). The second kappa shape index (κ2) is 9.33. The minimum Gasteiger partial charge on any atom is -0.526 e. The van der Waals surface area contributed by atoms with E-state index < -0.39 is 0 Å². The normalized spacial score (nSPS) is 15.0. The third-order valence-corrected chi connectivity index (χ3v) is 3.19. The molecule has 1 aliphatic carbocycles. The summed E-state index contributed by atoms with van der Waals surface area (Å²) in [6.45, 7) is 10.1. The first-order valence-electron chi connectivity index (χ1n) is 8.21. The predicted molar refractivity (Wildman–Crippen MR) is 92.4 cm³/mol. The second-order valence-corrected chi connectivity index (χ2v) is 4.35. The molecule has 1 heterocycles. The Labute approximate surface area is 130 Å². The summed E-state index contributed by atoms with van der Waals surface area (Å²) in [5.74, 6) is 1.92. The topological polar surface area (TPSA) is 18.5 Å². The summed E-state index contributed by atoms with van der Waals surface area (Å²) in [6, 6.07) is 8.20. The van der Waals surface area contributed by atoms with Crippen LogP contribution in [0, 0.1) is 0 Å². The molecule has 1 aromatic carbocycles. The lowest BCUT2D eigenvalue weighted by Crippen LogP contribution is -2.23. The van der Waals surface area contributed by atoms with Crippen LogP contribution in [0.2, 0.25) is 6.32 Å². The van der Waals surface area contributed by atoms with E-state index in [0.29, 0.717) is 0 Å². The van der Waals surface area contributed by atoms with Gasteiger partial charge in [0.05, 0.1) is 0 Å². The molecule has 0 bridgehead atoms. The summed E-state index contributed by atoms with van der Waals surface area (Å²) >= 11 is 0. The van der Waals surface area contributed by atoms with Crippen molar-refractivity contribution in [2.24, 2.45) is 0 Å². The van der Waals surface area contributed by atoms with Crippen molar-refractivity contribution in [3.8, 4) is 5.75 Å². The molecule has 0 fully saturated rings. The molecular weight excluding hydrogens is 259 g/mol. The lowest BCUT2D eigenvalue weighted by Gasteiger charge is -2.15. The second-order valence-electron chi connectivity index (χ2n) is 4.35. The number of para-hydroxylation sites is 1. The Morgan fingerprint density at radius 1 is 1.05 bits per heavy atom. The fraction of sp³-hybridized carbons (Fsp3) is 0.444. The molecule has 114 valence electrons. The molecule has 0 atom stereocenters. The zero-order valence-corrected chi connectivity index (χ0v) is 14.0. The molecular formula is C18H27BO2. The monoisotopic (exact) mass is 286 g/mol. The van der Waals surface area contributed by atoms with E-state index in [0.717, 1.165) is 30.7 Å². The highest BCUT2D eigenvalue weighted by atomic mass is 16.6. The minimum atomic E-state index is -0.175. The number of hydrogen-bond donors (Lipinski definition) is 0. The van der Waals surface area contributed by atoms with Crippen LogP contribution in [-0.4, -0.2) is 7.12 Å². The lowest BCUT2D eigenvalue weighted by atomic mass is 9.85. The number of hydrogen-bond acceptors (Lipinski definition) is 2. The van der Waals surface area contributed by atoms with Gasteiger partial charge in [-0.2, -0.15) is 0 Å². The van der Waals surface area contributed by atoms with Gasteiger partial charge in [-0.1, -0.05) is 58.9 Å². The van der Waals surface area contributed by atoms with Crippen molar-refractivity contribution >= 4 is 12.7 Å². The molecule has 0 amide bonds. The Hall–Kier alpha value is -1.64. The standard InChI is InChI=1S/C14H15BO2.2C2H6/c1-2-15-16-13-9-5-3-7-11(13)12-8-4-6-10-14(12)17-15;2*1-2/h3,5-7,9-10H,2,4,8H2,1H3;2*1-2H3. The van der Waals surface area contributed by atoms with Gasteiger partial charge < -0.3 is 9.31 Å². The Bertz CT molecular complexity index is 492. The van der Waals surface area contributed by atoms with Gasteiger partial charge in [-0.05, 0) is 25.0 Å². The average Bonchev–Trinajstić information content (AvgIpc) is 2.75. The Balaban J connectivity index is 0.000000510. The van der Waals surface area contributed by atoms with E-state index in [-0.39, 0.29) is 7.12 Å². The molecule has 0 aromatic heterocycles. The maximum atomic E-state index is 5.92. The van der Waals surface area contributed by atoms with Crippen LogP contribution in [0.5, 0.6) is 5.75 Å². The van der Waals surface area contributed by atoms with Crippen LogP contribution in [0.4, 0.5) is 0 Å². The molecule has 21 heavy (non-hydrogen) atoms. The van der Waals surface area contributed by atoms with Crippen molar-refractivity contribution in [3.05, 3.63) is 47.7 Å². The van der Waals surface area contributed by atoms with Crippen LogP contribution < -0.4 is 4.65 Å². The summed E-state index contributed by atoms with van der Waals surface area (Å²) < 4.78 is 11.8. The van der Waals surface area contributed by atoms with E-state index in [1.165, 1.54) is 11.1 Å². The van der Waals surface area contributed by atoms with E-state index in [1.807, 2.05) is 39.8 Å². The van der Waals surface area contributed by atoms with E-state index >= 15 is 0 Å². The molecule has 1 aliphatic heterocycles. The van der Waals surface area contributed by atoms with Crippen LogP contribution in [0.25, 0.3) is 5.57 Å². The third-order valence-electron chi connectivity index (χ3n) is 3.19. The van der Waals surface area contributed by atoms with E-state index in [1.54, 1.807) is 0 Å². The van der Waals surface area contributed by atoms with Crippen LogP contribution in [-0.2, 0) is 4.65 Å². The van der Waals surface area contributed by atoms with Crippen LogP contribution in [0.15, 0.2) is 42.2 Å². The smallest absolute Gasteiger partial charge is 0.526 e. The quantitative estimate of drug-likeness (QED) is 0.615. The van der Waals surface area contributed by atoms with Crippen molar-refractivity contribution in [2.45, 2.75) is 53.8 Å². The molecule has 0 saturated heterocycles. The third kappa shape index (κ3) is 4.16. The molecule has 2 nitrogen and oxygen atoms in total. The first-order valence-corrected chi connectivity index (χ1v) is 8.21. The summed E-state index contributed by atoms with van der Waals surface area (Å²) in [4.78, 5) is 0. The van der Waals surface area contributed by atoms with Crippen molar-refractivity contribution < 1.29 is 9.31 Å². The number of allylic oxidation sites excluding steroid dienone is 3. The van der Waals surface area contributed by atoms with Crippen LogP contribution >= 0.6 is 0 Å². The van der Waals surface area contributed by atoms with Gasteiger partial charge in [0.25, 0.3) is 0 Å². The number of rotatable bonds is 1. The van der Waals surface area contributed by atoms with Crippen LogP contribution in [0.3, 0.4) is 0 Å². The first-order chi connectivity index (χ1) is 10.4. The summed E-state index contributed by atoms with van der Waals surface area (Å²) in [5.41, 5.74) is 2.46. The summed E-state index contributed by atoms with van der Waals surface area (Å²) in [5, 5.41) is 0. The fourth-order valence-corrected chi connectivity index (χ4v) is 2.31. The number of fused-ring (bicyclic) bond motifs is 2. The van der Waals surface area contributed by atoms with Gasteiger partial charge in [0.15, 0.2) is 0 Å². The van der Waals surface area contributed by atoms with Crippen molar-refractivity contribution in [2.75, 3.05) is 0 Å². The maximum Gasteiger partial charge on any atom is 0.594 e. The Morgan fingerprint density at radius 2 is 1.76 bits per heavy atom. The molecule has 0 saturated carbocycles. The van der Waals surface area contributed by atoms with Gasteiger partial charge in [0.1, 0.15) is 11.5 Å². The molecule has 0 unspecified atom stereocenters. The van der Waals surface area contributed by atoms with Gasteiger partial charge >= 0.3 is 7.12 Å². The minimum absolute atomic E-state index is 0.175. The molecule has 0 N–H and O–H groups in total. The van der Waals surface area contributed by atoms with Gasteiger partial charge in [-0.15, -0.1) is 0 Å². The van der Waals surface area contributed by atoms with Gasteiger partial charge in [-0.3, -0.25) is 0 Å². The SMILES string of the molecule is CC.CC.CCB1OC2=C(CCC=C2)c2ccccc2O1. The maximum absolute atomic E-state index is 5.92. The molecule has 0 spiro atoms. The van der Waals surface area contributed by atoms with Crippen LogP contribution in [0.1, 0.15) is 53.0 Å². The summed E-state index contributed by atoms with van der Waals surface area (Å²) in [6.07, 6.45) is 7.20. The Morgan fingerprint density at radius 3 is 2.48 bits per heavy atom. The molecule has 0 radical (unpaired) electrons. The van der Waals surface area contributed by atoms with Gasteiger partial charge in [0.2, 0.25) is 0 Å². The molecule has 1 aromatic rings. The zero-order valence-electron chi connectivity index (χ0n) is 14.0. The van der Waals surface area contributed by atoms with E-state index in [2.05, 4.69) is 31.2 Å². The Kier molecular flexibility index (Phi) is 7.74. The molecule has 3 heteroatoms. The highest BCUT2D eigenvalue weighted by Crippen LogP contribution is 2.37. The van der Waals surface area contributed by atoms with E-state index in [9.17, 15) is 0 Å². The molecule has 2 aliphatic rings. The fourth-order valence-electron chi connectivity index (χ4n) is 2.31.